The number of hydrogen-bond donors (Lipinski definition) is 2. The molecule has 4 rings (SSSR count). The molecule has 1 aromatic carbocycles. The van der Waals surface area contributed by atoms with Crippen molar-refractivity contribution in [3.8, 4) is 17.0 Å². The highest BCUT2D eigenvalue weighted by molar-refractivity contribution is 7.14. The third-order valence-corrected chi connectivity index (χ3v) is 6.07. The summed E-state index contributed by atoms with van der Waals surface area (Å²) in [6, 6.07) is 6.79. The molecule has 0 bridgehead atoms. The van der Waals surface area contributed by atoms with E-state index in [9.17, 15) is 0 Å². The van der Waals surface area contributed by atoms with E-state index in [1.165, 1.54) is 36.6 Å². The average molecular weight is 370 g/mol. The molecule has 5 heteroatoms. The first-order valence-corrected chi connectivity index (χ1v) is 10.5. The minimum absolute atomic E-state index is 0.561. The number of aromatic nitrogens is 2. The zero-order valence-corrected chi connectivity index (χ0v) is 16.6. The summed E-state index contributed by atoms with van der Waals surface area (Å²) < 4.78 is 5.69. The van der Waals surface area contributed by atoms with E-state index in [2.05, 4.69) is 41.7 Å². The maximum absolute atomic E-state index is 5.69. The van der Waals surface area contributed by atoms with Gasteiger partial charge in [0.2, 0.25) is 0 Å². The van der Waals surface area contributed by atoms with E-state index in [-0.39, 0.29) is 0 Å². The van der Waals surface area contributed by atoms with Gasteiger partial charge in [-0.05, 0) is 50.8 Å². The molecule has 0 unspecified atom stereocenters. The Morgan fingerprint density at radius 3 is 3.04 bits per heavy atom. The second-order valence-corrected chi connectivity index (χ2v) is 8.27. The molecule has 0 radical (unpaired) electrons. The summed E-state index contributed by atoms with van der Waals surface area (Å²) in [5.74, 6) is 1.72. The topological polar surface area (TPSA) is 49.9 Å². The van der Waals surface area contributed by atoms with Crippen LogP contribution in [0.25, 0.3) is 22.2 Å². The van der Waals surface area contributed by atoms with Crippen molar-refractivity contribution >= 4 is 27.4 Å². The number of fused-ring (bicyclic) bond motifs is 1. The third-order valence-electron chi connectivity index (χ3n) is 5.29. The lowest BCUT2D eigenvalue weighted by molar-refractivity contribution is 0.341. The monoisotopic (exact) mass is 369 g/mol. The summed E-state index contributed by atoms with van der Waals surface area (Å²) in [6.07, 6.45) is 5.18. The molecule has 0 aliphatic heterocycles. The molecule has 1 aliphatic carbocycles. The molecule has 0 saturated heterocycles. The van der Waals surface area contributed by atoms with Crippen LogP contribution >= 0.6 is 11.3 Å². The molecular formula is C21H27N3OS. The Balaban J connectivity index is 1.62. The first kappa shape index (κ1) is 17.4. The molecule has 3 aromatic rings. The van der Waals surface area contributed by atoms with Crippen LogP contribution in [-0.2, 0) is 0 Å². The van der Waals surface area contributed by atoms with Gasteiger partial charge in [-0.3, -0.25) is 0 Å². The fraction of sp³-hybridized carbons (Fsp3) is 0.476. The van der Waals surface area contributed by atoms with Gasteiger partial charge in [0.05, 0.1) is 12.3 Å². The number of anilines is 1. The summed E-state index contributed by atoms with van der Waals surface area (Å²) in [4.78, 5) is 8.39. The number of nitrogens with zero attached hydrogens (tertiary/aromatic N) is 1. The van der Waals surface area contributed by atoms with Gasteiger partial charge in [-0.25, -0.2) is 4.98 Å². The third kappa shape index (κ3) is 3.45. The lowest BCUT2D eigenvalue weighted by Crippen LogP contribution is -2.26. The number of hydrogen-bond acceptors (Lipinski definition) is 4. The molecule has 2 aromatic heterocycles. The van der Waals surface area contributed by atoms with E-state index in [1.54, 1.807) is 11.3 Å². The predicted octanol–water partition coefficient (Wildman–Crippen LogP) is 5.99. The van der Waals surface area contributed by atoms with Crippen molar-refractivity contribution in [2.45, 2.75) is 52.5 Å². The van der Waals surface area contributed by atoms with Gasteiger partial charge in [-0.15, -0.1) is 11.3 Å². The zero-order valence-electron chi connectivity index (χ0n) is 15.8. The number of thiazole rings is 1. The van der Waals surface area contributed by atoms with Gasteiger partial charge in [0.15, 0.2) is 5.13 Å². The normalized spacial score (nSPS) is 20.4. The average Bonchev–Trinajstić information content (AvgIpc) is 3.18. The summed E-state index contributed by atoms with van der Waals surface area (Å²) >= 11 is 1.71. The number of ether oxygens (including phenoxy) is 1. The van der Waals surface area contributed by atoms with Crippen molar-refractivity contribution in [1.29, 1.82) is 0 Å². The Morgan fingerprint density at radius 2 is 2.23 bits per heavy atom. The Labute approximate surface area is 159 Å². The highest BCUT2D eigenvalue weighted by Gasteiger charge is 2.20. The van der Waals surface area contributed by atoms with Crippen molar-refractivity contribution in [1.82, 2.24) is 9.97 Å². The second-order valence-electron chi connectivity index (χ2n) is 7.42. The lowest BCUT2D eigenvalue weighted by atomic mass is 9.87. The molecule has 0 spiro atoms. The number of nitrogens with one attached hydrogen (secondary N) is 2. The number of H-pyrrole nitrogens is 1. The fourth-order valence-electron chi connectivity index (χ4n) is 4.09. The van der Waals surface area contributed by atoms with Crippen molar-refractivity contribution in [3.63, 3.8) is 0 Å². The van der Waals surface area contributed by atoms with Crippen LogP contribution in [0.4, 0.5) is 5.13 Å². The zero-order chi connectivity index (χ0) is 18.1. The maximum Gasteiger partial charge on any atom is 0.183 e. The summed E-state index contributed by atoms with van der Waals surface area (Å²) in [6.45, 7) is 7.16. The van der Waals surface area contributed by atoms with E-state index < -0.39 is 0 Å². The van der Waals surface area contributed by atoms with E-state index in [4.69, 9.17) is 9.72 Å². The van der Waals surface area contributed by atoms with Gasteiger partial charge >= 0.3 is 0 Å². The minimum Gasteiger partial charge on any atom is -0.494 e. The first-order chi connectivity index (χ1) is 12.6. The fourth-order valence-corrected chi connectivity index (χ4v) is 4.87. The standard InChI is InChI=1S/C21H27N3OS/c1-4-25-16-8-9-18-17(11-16)20(14(3)22-18)19-12-26-21(24-19)23-15-7-5-6-13(2)10-15/h8-9,11-13,15,22H,4-7,10H2,1-3H3,(H,23,24)/t13-,15+/m0/s1. The Hall–Kier alpha value is -2.01. The molecule has 4 nitrogen and oxygen atoms in total. The smallest absolute Gasteiger partial charge is 0.183 e. The molecule has 2 atom stereocenters. The van der Waals surface area contributed by atoms with Crippen LogP contribution in [0.5, 0.6) is 5.75 Å². The van der Waals surface area contributed by atoms with E-state index in [0.717, 1.165) is 33.7 Å². The molecule has 0 amide bonds. The quantitative estimate of drug-likeness (QED) is 0.581. The molecule has 1 aliphatic rings. The van der Waals surface area contributed by atoms with Crippen molar-refractivity contribution < 1.29 is 4.74 Å². The molecular weight excluding hydrogens is 342 g/mol. The van der Waals surface area contributed by atoms with E-state index in [1.807, 2.05) is 13.0 Å². The maximum atomic E-state index is 5.69. The highest BCUT2D eigenvalue weighted by Crippen LogP contribution is 2.36. The number of aryl methyl sites for hydroxylation is 1. The van der Waals surface area contributed by atoms with Gasteiger partial charge in [0.1, 0.15) is 5.75 Å². The van der Waals surface area contributed by atoms with Crippen molar-refractivity contribution in [2.75, 3.05) is 11.9 Å². The van der Waals surface area contributed by atoms with Gasteiger partial charge in [0.25, 0.3) is 0 Å². The van der Waals surface area contributed by atoms with Crippen LogP contribution in [0.3, 0.4) is 0 Å². The minimum atomic E-state index is 0.561. The van der Waals surface area contributed by atoms with Gasteiger partial charge in [-0.2, -0.15) is 0 Å². The molecule has 2 N–H and O–H groups in total. The van der Waals surface area contributed by atoms with Crippen molar-refractivity contribution in [2.24, 2.45) is 5.92 Å². The Morgan fingerprint density at radius 1 is 1.35 bits per heavy atom. The number of benzene rings is 1. The van der Waals surface area contributed by atoms with Crippen LogP contribution < -0.4 is 10.1 Å². The van der Waals surface area contributed by atoms with Gasteiger partial charge in [0, 0.05) is 33.6 Å². The lowest BCUT2D eigenvalue weighted by Gasteiger charge is -2.27. The number of aromatic amines is 1. The van der Waals surface area contributed by atoms with Crippen molar-refractivity contribution in [3.05, 3.63) is 29.3 Å². The molecule has 2 heterocycles. The first-order valence-electron chi connectivity index (χ1n) is 9.61. The molecule has 138 valence electrons. The summed E-state index contributed by atoms with van der Waals surface area (Å²) in [5.41, 5.74) is 4.50. The van der Waals surface area contributed by atoms with E-state index >= 15 is 0 Å². The second kappa shape index (κ2) is 7.31. The highest BCUT2D eigenvalue weighted by atomic mass is 32.1. The molecule has 1 fully saturated rings. The SMILES string of the molecule is CCOc1ccc2[nH]c(C)c(-c3csc(N[C@@H]4CCC[C@H](C)C4)n3)c2c1. The van der Waals surface area contributed by atoms with Crippen LogP contribution in [-0.4, -0.2) is 22.6 Å². The number of rotatable bonds is 5. The van der Waals surface area contributed by atoms with Gasteiger partial charge in [-0.1, -0.05) is 19.8 Å². The van der Waals surface area contributed by atoms with Crippen LogP contribution in [0.2, 0.25) is 0 Å². The summed E-state index contributed by atoms with van der Waals surface area (Å²) in [5, 5.41) is 8.04. The Kier molecular flexibility index (Phi) is 4.90. The predicted molar refractivity (Wildman–Crippen MR) is 110 cm³/mol. The van der Waals surface area contributed by atoms with Crippen LogP contribution in [0.1, 0.15) is 45.2 Å². The molecule has 26 heavy (non-hydrogen) atoms. The largest absolute Gasteiger partial charge is 0.494 e. The van der Waals surface area contributed by atoms with Crippen LogP contribution in [0, 0.1) is 12.8 Å². The molecule has 1 saturated carbocycles. The van der Waals surface area contributed by atoms with Gasteiger partial charge < -0.3 is 15.0 Å². The van der Waals surface area contributed by atoms with E-state index in [0.29, 0.717) is 12.6 Å². The summed E-state index contributed by atoms with van der Waals surface area (Å²) in [7, 11) is 0. The van der Waals surface area contributed by atoms with Crippen LogP contribution in [0.15, 0.2) is 23.6 Å². The Bertz CT molecular complexity index is 898.